The molecule has 0 saturated heterocycles. The van der Waals surface area contributed by atoms with Gasteiger partial charge in [-0.3, -0.25) is 5.41 Å². The molecule has 2 aromatic carbocycles. The summed E-state index contributed by atoms with van der Waals surface area (Å²) in [5, 5.41) is 8.18. The van der Waals surface area contributed by atoms with Crippen molar-refractivity contribution in [2.24, 2.45) is 5.73 Å². The van der Waals surface area contributed by atoms with E-state index in [2.05, 4.69) is 32.0 Å². The van der Waals surface area contributed by atoms with E-state index in [4.69, 9.17) is 22.7 Å². The molecule has 0 unspecified atom stereocenters. The Kier molecular flexibility index (Phi) is 4.73. The van der Waals surface area contributed by atoms with Gasteiger partial charge in [0, 0.05) is 16.2 Å². The Labute approximate surface area is 128 Å². The van der Waals surface area contributed by atoms with Crippen LogP contribution in [0.25, 0.3) is 0 Å². The van der Waals surface area contributed by atoms with Gasteiger partial charge in [-0.25, -0.2) is 0 Å². The number of rotatable bonds is 4. The van der Waals surface area contributed by atoms with Crippen molar-refractivity contribution in [3.8, 4) is 0 Å². The fourth-order valence-corrected chi connectivity index (χ4v) is 3.56. The average molecular weight is 305 g/mol. The number of halogens is 1. The van der Waals surface area contributed by atoms with Gasteiger partial charge in [0.15, 0.2) is 0 Å². The minimum Gasteiger partial charge on any atom is -0.384 e. The molecular weight excluding hydrogens is 288 g/mol. The number of nitrogen functional groups attached to an aromatic ring is 1. The van der Waals surface area contributed by atoms with E-state index < -0.39 is 0 Å². The lowest BCUT2D eigenvalue weighted by Crippen LogP contribution is -2.13. The highest BCUT2D eigenvalue weighted by Gasteiger charge is 2.10. The summed E-state index contributed by atoms with van der Waals surface area (Å²) in [5.74, 6) is 0.849. The fourth-order valence-electron chi connectivity index (χ4n) is 2.20. The summed E-state index contributed by atoms with van der Waals surface area (Å²) in [6.07, 6.45) is 0. The summed E-state index contributed by atoms with van der Waals surface area (Å²) in [6.45, 7) is 4.20. The summed E-state index contributed by atoms with van der Waals surface area (Å²) in [6, 6.07) is 12.1. The molecule has 0 aliphatic rings. The maximum absolute atomic E-state index is 7.65. The van der Waals surface area contributed by atoms with Crippen LogP contribution in [-0.4, -0.2) is 5.84 Å². The van der Waals surface area contributed by atoms with Gasteiger partial charge in [-0.05, 0) is 31.5 Å². The molecule has 0 saturated carbocycles. The SMILES string of the molecule is Cc1cc(C)cc(CSc2cccc(Cl)c2C(=N)N)c1. The van der Waals surface area contributed by atoms with E-state index in [1.54, 1.807) is 17.8 Å². The smallest absolute Gasteiger partial charge is 0.125 e. The van der Waals surface area contributed by atoms with Crippen LogP contribution in [0.1, 0.15) is 22.3 Å². The highest BCUT2D eigenvalue weighted by Crippen LogP contribution is 2.30. The summed E-state index contributed by atoms with van der Waals surface area (Å²) >= 11 is 7.78. The van der Waals surface area contributed by atoms with Crippen LogP contribution in [-0.2, 0) is 5.75 Å². The third kappa shape index (κ3) is 3.56. The first-order chi connectivity index (χ1) is 9.47. The number of benzene rings is 2. The Morgan fingerprint density at radius 3 is 2.45 bits per heavy atom. The summed E-state index contributed by atoms with van der Waals surface area (Å²) < 4.78 is 0. The minimum atomic E-state index is 0.0125. The Bertz CT molecular complexity index is 633. The molecule has 2 aromatic rings. The van der Waals surface area contributed by atoms with E-state index in [1.165, 1.54) is 16.7 Å². The van der Waals surface area contributed by atoms with E-state index in [0.717, 1.165) is 10.6 Å². The van der Waals surface area contributed by atoms with Crippen molar-refractivity contribution in [3.05, 3.63) is 63.7 Å². The first kappa shape index (κ1) is 14.9. The van der Waals surface area contributed by atoms with Crippen LogP contribution in [0, 0.1) is 19.3 Å². The Morgan fingerprint density at radius 2 is 1.85 bits per heavy atom. The molecule has 0 amide bonds. The maximum Gasteiger partial charge on any atom is 0.125 e. The third-order valence-electron chi connectivity index (χ3n) is 2.92. The molecule has 0 bridgehead atoms. The lowest BCUT2D eigenvalue weighted by molar-refractivity contribution is 1.29. The Morgan fingerprint density at radius 1 is 1.20 bits per heavy atom. The van der Waals surface area contributed by atoms with E-state index in [0.29, 0.717) is 10.6 Å². The lowest BCUT2D eigenvalue weighted by atomic mass is 10.1. The van der Waals surface area contributed by atoms with Crippen molar-refractivity contribution < 1.29 is 0 Å². The maximum atomic E-state index is 7.65. The molecule has 20 heavy (non-hydrogen) atoms. The van der Waals surface area contributed by atoms with Crippen LogP contribution >= 0.6 is 23.4 Å². The van der Waals surface area contributed by atoms with E-state index in [-0.39, 0.29) is 5.84 Å². The van der Waals surface area contributed by atoms with E-state index in [9.17, 15) is 0 Å². The third-order valence-corrected chi connectivity index (χ3v) is 4.36. The highest BCUT2D eigenvalue weighted by atomic mass is 35.5. The number of nitrogens with two attached hydrogens (primary N) is 1. The van der Waals surface area contributed by atoms with Gasteiger partial charge in [-0.2, -0.15) is 0 Å². The second-order valence-corrected chi connectivity index (χ2v) is 6.24. The fraction of sp³-hybridized carbons (Fsp3) is 0.188. The molecule has 0 fully saturated rings. The molecule has 0 radical (unpaired) electrons. The van der Waals surface area contributed by atoms with Crippen molar-refractivity contribution in [2.45, 2.75) is 24.5 Å². The zero-order chi connectivity index (χ0) is 14.7. The minimum absolute atomic E-state index is 0.0125. The second-order valence-electron chi connectivity index (χ2n) is 4.81. The monoisotopic (exact) mass is 304 g/mol. The molecule has 2 rings (SSSR count). The standard InChI is InChI=1S/C16H17ClN2S/c1-10-6-11(2)8-12(7-10)9-20-14-5-3-4-13(17)15(14)16(18)19/h3-8H,9H2,1-2H3,(H3,18,19). The molecule has 0 atom stereocenters. The molecule has 104 valence electrons. The highest BCUT2D eigenvalue weighted by molar-refractivity contribution is 7.98. The van der Waals surface area contributed by atoms with Gasteiger partial charge < -0.3 is 5.73 Å². The second kappa shape index (κ2) is 6.33. The molecule has 2 nitrogen and oxygen atoms in total. The van der Waals surface area contributed by atoms with Gasteiger partial charge in [0.2, 0.25) is 0 Å². The van der Waals surface area contributed by atoms with Gasteiger partial charge in [0.25, 0.3) is 0 Å². The topological polar surface area (TPSA) is 49.9 Å². The molecule has 0 heterocycles. The van der Waals surface area contributed by atoms with Crippen LogP contribution in [0.5, 0.6) is 0 Å². The van der Waals surface area contributed by atoms with Crippen molar-refractivity contribution in [3.63, 3.8) is 0 Å². The molecular formula is C16H17ClN2S. The van der Waals surface area contributed by atoms with Crippen molar-refractivity contribution in [2.75, 3.05) is 0 Å². The largest absolute Gasteiger partial charge is 0.384 e. The molecule has 4 heteroatoms. The number of aryl methyl sites for hydroxylation is 2. The van der Waals surface area contributed by atoms with E-state index >= 15 is 0 Å². The number of amidine groups is 1. The molecule has 0 spiro atoms. The van der Waals surface area contributed by atoms with Crippen molar-refractivity contribution >= 4 is 29.2 Å². The van der Waals surface area contributed by atoms with Crippen molar-refractivity contribution in [1.82, 2.24) is 0 Å². The predicted molar refractivity (Wildman–Crippen MR) is 87.9 cm³/mol. The summed E-state index contributed by atoms with van der Waals surface area (Å²) in [4.78, 5) is 0.948. The molecule has 0 aromatic heterocycles. The lowest BCUT2D eigenvalue weighted by Gasteiger charge is -2.10. The number of hydrogen-bond donors (Lipinski definition) is 2. The average Bonchev–Trinajstić information content (AvgIpc) is 2.34. The first-order valence-corrected chi connectivity index (χ1v) is 7.66. The van der Waals surface area contributed by atoms with Crippen molar-refractivity contribution in [1.29, 1.82) is 5.41 Å². The first-order valence-electron chi connectivity index (χ1n) is 6.30. The Balaban J connectivity index is 2.23. The van der Waals surface area contributed by atoms with Crippen LogP contribution in [0.4, 0.5) is 0 Å². The van der Waals surface area contributed by atoms with Crippen LogP contribution in [0.3, 0.4) is 0 Å². The number of thioether (sulfide) groups is 1. The molecule has 0 aliphatic carbocycles. The zero-order valence-electron chi connectivity index (χ0n) is 11.5. The normalized spacial score (nSPS) is 10.6. The quantitative estimate of drug-likeness (QED) is 0.495. The van der Waals surface area contributed by atoms with Crippen LogP contribution < -0.4 is 5.73 Å². The van der Waals surface area contributed by atoms with Gasteiger partial charge in [0.05, 0.1) is 5.02 Å². The van der Waals surface area contributed by atoms with Gasteiger partial charge in [-0.15, -0.1) is 11.8 Å². The van der Waals surface area contributed by atoms with Crippen LogP contribution in [0.15, 0.2) is 41.3 Å². The van der Waals surface area contributed by atoms with Gasteiger partial charge >= 0.3 is 0 Å². The van der Waals surface area contributed by atoms with E-state index in [1.807, 2.05) is 12.1 Å². The zero-order valence-corrected chi connectivity index (χ0v) is 13.1. The number of nitrogens with one attached hydrogen (secondary N) is 1. The van der Waals surface area contributed by atoms with Gasteiger partial charge in [0.1, 0.15) is 5.84 Å². The number of hydrogen-bond acceptors (Lipinski definition) is 2. The van der Waals surface area contributed by atoms with Crippen LogP contribution in [0.2, 0.25) is 5.02 Å². The summed E-state index contributed by atoms with van der Waals surface area (Å²) in [7, 11) is 0. The van der Waals surface area contributed by atoms with Gasteiger partial charge in [-0.1, -0.05) is 47.0 Å². The summed E-state index contributed by atoms with van der Waals surface area (Å²) in [5.41, 5.74) is 10.0. The predicted octanol–water partition coefficient (Wildman–Crippen LogP) is 4.53. The molecule has 3 N–H and O–H groups in total. The molecule has 0 aliphatic heterocycles. The Hall–Kier alpha value is -1.45.